The van der Waals surface area contributed by atoms with Crippen LogP contribution in [0.15, 0.2) is 43.0 Å². The summed E-state index contributed by atoms with van der Waals surface area (Å²) in [5.74, 6) is -0.0198. The topological polar surface area (TPSA) is 65.4 Å². The highest BCUT2D eigenvalue weighted by molar-refractivity contribution is 5.76. The molecule has 1 aromatic heterocycles. The second kappa shape index (κ2) is 9.07. The maximum atomic E-state index is 11.9. The van der Waals surface area contributed by atoms with E-state index < -0.39 is 0 Å². The number of nitrogens with one attached hydrogen (secondary N) is 1. The third-order valence-corrected chi connectivity index (χ3v) is 3.48. The molecular formula is C17H23N3O3. The molecule has 1 atom stereocenters. The number of methoxy groups -OCH3 is 1. The summed E-state index contributed by atoms with van der Waals surface area (Å²) < 4.78 is 12.1. The van der Waals surface area contributed by atoms with E-state index in [1.165, 1.54) is 0 Å². The monoisotopic (exact) mass is 317 g/mol. The number of hydrogen-bond acceptors (Lipinski definition) is 4. The zero-order valence-electron chi connectivity index (χ0n) is 13.6. The summed E-state index contributed by atoms with van der Waals surface area (Å²) in [6.07, 6.45) is 5.74. The van der Waals surface area contributed by atoms with Crippen LogP contribution in [0.1, 0.15) is 24.9 Å². The maximum Gasteiger partial charge on any atom is 0.222 e. The average Bonchev–Trinajstić information content (AvgIpc) is 3.09. The summed E-state index contributed by atoms with van der Waals surface area (Å²) in [6, 6.07) is 7.99. The van der Waals surface area contributed by atoms with Crippen LogP contribution in [-0.2, 0) is 14.3 Å². The summed E-state index contributed by atoms with van der Waals surface area (Å²) in [7, 11) is 1.62. The molecule has 0 radical (unpaired) electrons. The van der Waals surface area contributed by atoms with Crippen LogP contribution >= 0.6 is 0 Å². The zero-order valence-corrected chi connectivity index (χ0v) is 13.6. The molecule has 6 nitrogen and oxygen atoms in total. The van der Waals surface area contributed by atoms with Gasteiger partial charge in [0.25, 0.3) is 0 Å². The third-order valence-electron chi connectivity index (χ3n) is 3.48. The van der Waals surface area contributed by atoms with Gasteiger partial charge in [-0.05, 0) is 24.6 Å². The van der Waals surface area contributed by atoms with Gasteiger partial charge < -0.3 is 19.4 Å². The van der Waals surface area contributed by atoms with Gasteiger partial charge in [0.15, 0.2) is 0 Å². The van der Waals surface area contributed by atoms with E-state index >= 15 is 0 Å². The SMILES string of the molecule is COCCOCCC(=O)NC(C)c1ccc(-n2ccnc2)cc1. The van der Waals surface area contributed by atoms with Gasteiger partial charge in [-0.2, -0.15) is 0 Å². The number of imidazole rings is 1. The van der Waals surface area contributed by atoms with Crippen molar-refractivity contribution in [3.8, 4) is 5.69 Å². The van der Waals surface area contributed by atoms with Crippen molar-refractivity contribution in [3.63, 3.8) is 0 Å². The van der Waals surface area contributed by atoms with Crippen molar-refractivity contribution in [1.29, 1.82) is 0 Å². The smallest absolute Gasteiger partial charge is 0.222 e. The van der Waals surface area contributed by atoms with Crippen LogP contribution in [0.3, 0.4) is 0 Å². The van der Waals surface area contributed by atoms with Crippen LogP contribution in [0.25, 0.3) is 5.69 Å². The molecule has 0 saturated heterocycles. The van der Waals surface area contributed by atoms with Gasteiger partial charge in [0.05, 0.1) is 32.2 Å². The van der Waals surface area contributed by atoms with Crippen molar-refractivity contribution in [2.45, 2.75) is 19.4 Å². The van der Waals surface area contributed by atoms with E-state index in [9.17, 15) is 4.79 Å². The van der Waals surface area contributed by atoms with Crippen LogP contribution in [0, 0.1) is 0 Å². The molecular weight excluding hydrogens is 294 g/mol. The van der Waals surface area contributed by atoms with Crippen molar-refractivity contribution in [2.24, 2.45) is 0 Å². The molecule has 0 aliphatic heterocycles. The molecule has 6 heteroatoms. The minimum absolute atomic E-state index is 0.0198. The molecule has 1 amide bonds. The zero-order chi connectivity index (χ0) is 16.5. The van der Waals surface area contributed by atoms with Gasteiger partial charge >= 0.3 is 0 Å². The maximum absolute atomic E-state index is 11.9. The summed E-state index contributed by atoms with van der Waals surface area (Å²) in [5, 5.41) is 2.97. The number of ether oxygens (including phenoxy) is 2. The minimum atomic E-state index is -0.0432. The Balaban J connectivity index is 1.78. The predicted octanol–water partition coefficient (Wildman–Crippen LogP) is 2.10. The lowest BCUT2D eigenvalue weighted by Crippen LogP contribution is -2.27. The van der Waals surface area contributed by atoms with Gasteiger partial charge in [-0.25, -0.2) is 4.98 Å². The molecule has 0 aliphatic rings. The predicted molar refractivity (Wildman–Crippen MR) is 87.4 cm³/mol. The first-order valence-electron chi connectivity index (χ1n) is 7.65. The fourth-order valence-corrected chi connectivity index (χ4v) is 2.15. The summed E-state index contributed by atoms with van der Waals surface area (Å²) in [6.45, 7) is 3.42. The van der Waals surface area contributed by atoms with E-state index in [1.54, 1.807) is 19.6 Å². The third kappa shape index (κ3) is 5.50. The van der Waals surface area contributed by atoms with Gasteiger partial charge in [-0.15, -0.1) is 0 Å². The Kier molecular flexibility index (Phi) is 6.77. The largest absolute Gasteiger partial charge is 0.382 e. The van der Waals surface area contributed by atoms with Gasteiger partial charge in [-0.3, -0.25) is 4.79 Å². The number of nitrogens with zero attached hydrogens (tertiary/aromatic N) is 2. The number of amides is 1. The number of carbonyl (C=O) groups excluding carboxylic acids is 1. The Labute approximate surface area is 136 Å². The molecule has 1 aromatic carbocycles. The first kappa shape index (κ1) is 17.2. The molecule has 1 heterocycles. The van der Waals surface area contributed by atoms with Crippen LogP contribution in [0.4, 0.5) is 0 Å². The number of hydrogen-bond donors (Lipinski definition) is 1. The normalized spacial score (nSPS) is 12.1. The van der Waals surface area contributed by atoms with E-state index in [2.05, 4.69) is 10.3 Å². The summed E-state index contributed by atoms with van der Waals surface area (Å²) >= 11 is 0. The highest BCUT2D eigenvalue weighted by Crippen LogP contribution is 2.15. The van der Waals surface area contributed by atoms with Crippen LogP contribution in [0.2, 0.25) is 0 Å². The minimum Gasteiger partial charge on any atom is -0.382 e. The fraction of sp³-hybridized carbons (Fsp3) is 0.412. The summed E-state index contributed by atoms with van der Waals surface area (Å²) in [5.41, 5.74) is 2.10. The van der Waals surface area contributed by atoms with Gasteiger partial charge in [0.2, 0.25) is 5.91 Å². The molecule has 124 valence electrons. The van der Waals surface area contributed by atoms with Gasteiger partial charge in [-0.1, -0.05) is 12.1 Å². The quantitative estimate of drug-likeness (QED) is 0.719. The van der Waals surface area contributed by atoms with Crippen molar-refractivity contribution in [3.05, 3.63) is 48.5 Å². The second-order valence-electron chi connectivity index (χ2n) is 5.21. The van der Waals surface area contributed by atoms with E-state index in [-0.39, 0.29) is 11.9 Å². The van der Waals surface area contributed by atoms with E-state index in [4.69, 9.17) is 9.47 Å². The first-order chi connectivity index (χ1) is 11.2. The number of aromatic nitrogens is 2. The fourth-order valence-electron chi connectivity index (χ4n) is 2.15. The van der Waals surface area contributed by atoms with Crippen molar-refractivity contribution in [2.75, 3.05) is 26.9 Å². The van der Waals surface area contributed by atoms with Crippen molar-refractivity contribution in [1.82, 2.24) is 14.9 Å². The summed E-state index contributed by atoms with van der Waals surface area (Å²) in [4.78, 5) is 15.9. The lowest BCUT2D eigenvalue weighted by Gasteiger charge is -2.15. The molecule has 0 bridgehead atoms. The van der Waals surface area contributed by atoms with E-state index in [0.717, 1.165) is 11.3 Å². The molecule has 0 saturated carbocycles. The lowest BCUT2D eigenvalue weighted by molar-refractivity contribution is -0.122. The van der Waals surface area contributed by atoms with E-state index in [1.807, 2.05) is 42.0 Å². The molecule has 0 fully saturated rings. The molecule has 2 aromatic rings. The Morgan fingerprint density at radius 3 is 2.70 bits per heavy atom. The molecule has 2 rings (SSSR count). The Morgan fingerprint density at radius 2 is 2.04 bits per heavy atom. The number of rotatable bonds is 9. The molecule has 0 spiro atoms. The van der Waals surface area contributed by atoms with E-state index in [0.29, 0.717) is 26.2 Å². The highest BCUT2D eigenvalue weighted by Gasteiger charge is 2.09. The standard InChI is InChI=1S/C17H23N3O3/c1-14(19-17(21)7-10-23-12-11-22-2)15-3-5-16(6-4-15)20-9-8-18-13-20/h3-6,8-9,13-14H,7,10-12H2,1-2H3,(H,19,21). The first-order valence-corrected chi connectivity index (χ1v) is 7.65. The van der Waals surface area contributed by atoms with Crippen LogP contribution in [0.5, 0.6) is 0 Å². The van der Waals surface area contributed by atoms with Crippen molar-refractivity contribution < 1.29 is 14.3 Å². The Hall–Kier alpha value is -2.18. The Bertz CT molecular complexity index is 582. The average molecular weight is 317 g/mol. The highest BCUT2D eigenvalue weighted by atomic mass is 16.5. The second-order valence-corrected chi connectivity index (χ2v) is 5.21. The lowest BCUT2D eigenvalue weighted by atomic mass is 10.1. The van der Waals surface area contributed by atoms with Crippen LogP contribution < -0.4 is 5.32 Å². The van der Waals surface area contributed by atoms with Gasteiger partial charge in [0.1, 0.15) is 0 Å². The molecule has 0 aliphatic carbocycles. The number of carbonyl (C=O) groups is 1. The molecule has 1 N–H and O–H groups in total. The molecule has 23 heavy (non-hydrogen) atoms. The van der Waals surface area contributed by atoms with Crippen LogP contribution in [-0.4, -0.2) is 42.4 Å². The molecule has 1 unspecified atom stereocenters. The van der Waals surface area contributed by atoms with Crippen molar-refractivity contribution >= 4 is 5.91 Å². The number of benzene rings is 1. The van der Waals surface area contributed by atoms with Gasteiger partial charge in [0, 0.05) is 31.6 Å². The Morgan fingerprint density at radius 1 is 1.26 bits per heavy atom.